The molecule has 0 radical (unpaired) electrons. The standard InChI is InChI=1S/C70H127N13O12/c1-27-29-30-46(15)59(84)58-63(88)73-51(28-2)66(91)75(20)50(19)65(90)80(25)57(47(16)39-82-33-35-83(36-34-82)45(13)14)62(87)74-55(43(9)10)69(94)76(21)52(32-31-40(3)4)61(86)71-48(17)60(85)72-49(18)64(89)77(22)53(37-41(5)6)67(92)78(23)54(38-42(7)8)68(93)79(24)56(44(11)12)70(95)81(58)26/h27,29,40-59,84H,28,30-39H2,1-26H3,(H,71,86)(H,72,85)(H,73,88)(H,74,87)/b29-27+/t46-,47-,48+,49-,50-,51+,52+,53+,54+,55+,56+,57+,58+,59-/m1/s1. The van der Waals surface area contributed by atoms with Crippen molar-refractivity contribution < 1.29 is 57.8 Å². The molecule has 2 fully saturated rings. The molecule has 2 heterocycles. The SMILES string of the molecule is C/C=C/C[C@@H](C)[C@@H](O)[C@H]1C(=O)N[C@@H](CC)C(=O)N(C)[C@H](C)C(=O)N(C)[C@@H]([C@H](C)CN2CCN(C(C)C)CC2)C(=O)N[C@@H](C(C)C)C(=O)N(C)[C@@H](CCC(C)C)C(=O)N[C@@H](C)C(=O)N[C@H](C)C(=O)N(C)[C@@H](CC(C)C)C(=O)N(C)[C@@H](CC(C)C)C(=O)N(C)[C@@H](C(C)C)C(=O)N1C. The average Bonchev–Trinajstić information content (AvgIpc) is 0.814. The highest BCUT2D eigenvalue weighted by Crippen LogP contribution is 2.26. The van der Waals surface area contributed by atoms with E-state index in [0.29, 0.717) is 38.5 Å². The first kappa shape index (κ1) is 84.9. The van der Waals surface area contributed by atoms with Gasteiger partial charge in [0.05, 0.1) is 6.10 Å². The molecule has 0 aromatic rings. The summed E-state index contributed by atoms with van der Waals surface area (Å²) in [6, 6.07) is -13.5. The van der Waals surface area contributed by atoms with Crippen molar-refractivity contribution in [2.45, 2.75) is 249 Å². The zero-order valence-corrected chi connectivity index (χ0v) is 62.9. The van der Waals surface area contributed by atoms with Crippen LogP contribution in [-0.4, -0.2) is 275 Å². The summed E-state index contributed by atoms with van der Waals surface area (Å²) >= 11 is 0. The highest BCUT2D eigenvalue weighted by atomic mass is 16.3. The summed E-state index contributed by atoms with van der Waals surface area (Å²) in [4.78, 5) is 177. The maximum absolute atomic E-state index is 15.3. The number of nitrogens with zero attached hydrogens (tertiary/aromatic N) is 9. The van der Waals surface area contributed by atoms with Crippen LogP contribution in [0, 0.1) is 41.4 Å². The molecule has 0 spiro atoms. The zero-order chi connectivity index (χ0) is 73.1. The number of aliphatic hydroxyl groups excluding tert-OH is 1. The van der Waals surface area contributed by atoms with Crippen molar-refractivity contribution in [3.8, 4) is 0 Å². The maximum Gasteiger partial charge on any atom is 0.246 e. The number of likely N-dealkylation sites (N-methyl/N-ethyl adjacent to an activating group) is 7. The minimum Gasteiger partial charge on any atom is -0.390 e. The van der Waals surface area contributed by atoms with E-state index in [1.165, 1.54) is 99.5 Å². The van der Waals surface area contributed by atoms with E-state index in [1.807, 2.05) is 61.5 Å². The van der Waals surface area contributed by atoms with Gasteiger partial charge in [0.25, 0.3) is 0 Å². The summed E-state index contributed by atoms with van der Waals surface area (Å²) < 4.78 is 0. The lowest BCUT2D eigenvalue weighted by atomic mass is 9.91. The molecule has 95 heavy (non-hydrogen) atoms. The quantitative estimate of drug-likeness (QED) is 0.123. The van der Waals surface area contributed by atoms with Gasteiger partial charge in [-0.1, -0.05) is 102 Å². The molecule has 0 bridgehead atoms. The summed E-state index contributed by atoms with van der Waals surface area (Å²) in [5.74, 6) is -9.91. The molecule has 2 rings (SSSR count). The van der Waals surface area contributed by atoms with Crippen molar-refractivity contribution in [2.24, 2.45) is 41.4 Å². The van der Waals surface area contributed by atoms with Crippen LogP contribution < -0.4 is 21.3 Å². The number of piperazine rings is 1. The van der Waals surface area contributed by atoms with Gasteiger partial charge < -0.3 is 65.6 Å². The fourth-order valence-electron chi connectivity index (χ4n) is 12.9. The third-order valence-corrected chi connectivity index (χ3v) is 19.3. The maximum atomic E-state index is 15.3. The predicted molar refractivity (Wildman–Crippen MR) is 371 cm³/mol. The van der Waals surface area contributed by atoms with Gasteiger partial charge in [0.1, 0.15) is 66.5 Å². The number of nitrogens with one attached hydrogen (secondary N) is 4. The van der Waals surface area contributed by atoms with Crippen molar-refractivity contribution in [3.05, 3.63) is 12.2 Å². The fourth-order valence-corrected chi connectivity index (χ4v) is 12.9. The van der Waals surface area contributed by atoms with Gasteiger partial charge in [-0.05, 0) is 121 Å². The molecule has 25 nitrogen and oxygen atoms in total. The molecule has 0 aliphatic carbocycles. The van der Waals surface area contributed by atoms with E-state index in [4.69, 9.17) is 0 Å². The Kier molecular flexibility index (Phi) is 34.5. The number of hydrogen-bond donors (Lipinski definition) is 5. The number of amides is 11. The van der Waals surface area contributed by atoms with Crippen LogP contribution in [0.4, 0.5) is 0 Å². The summed E-state index contributed by atoms with van der Waals surface area (Å²) in [5.41, 5.74) is 0. The smallest absolute Gasteiger partial charge is 0.246 e. The van der Waals surface area contributed by atoms with Gasteiger partial charge in [-0.3, -0.25) is 57.6 Å². The van der Waals surface area contributed by atoms with E-state index in [2.05, 4.69) is 44.9 Å². The summed E-state index contributed by atoms with van der Waals surface area (Å²) in [6.07, 6.45) is 3.38. The van der Waals surface area contributed by atoms with Crippen molar-refractivity contribution >= 4 is 65.0 Å². The van der Waals surface area contributed by atoms with Crippen molar-refractivity contribution in [2.75, 3.05) is 82.1 Å². The van der Waals surface area contributed by atoms with Crippen LogP contribution in [0.2, 0.25) is 0 Å². The van der Waals surface area contributed by atoms with E-state index in [9.17, 15) is 24.3 Å². The number of carbonyl (C=O) groups is 11. The van der Waals surface area contributed by atoms with Crippen molar-refractivity contribution in [1.29, 1.82) is 0 Å². The zero-order valence-electron chi connectivity index (χ0n) is 62.9. The summed E-state index contributed by atoms with van der Waals surface area (Å²) in [6.45, 7) is 37.5. The third kappa shape index (κ3) is 23.2. The van der Waals surface area contributed by atoms with E-state index in [0.717, 1.165) is 18.0 Å². The molecule has 0 saturated carbocycles. The number of carbonyl (C=O) groups excluding carboxylic acids is 11. The largest absolute Gasteiger partial charge is 0.390 e. The van der Waals surface area contributed by atoms with Gasteiger partial charge in [0.2, 0.25) is 65.0 Å². The molecule has 0 aromatic heterocycles. The van der Waals surface area contributed by atoms with Gasteiger partial charge >= 0.3 is 0 Å². The molecule has 0 unspecified atom stereocenters. The van der Waals surface area contributed by atoms with E-state index in [-0.39, 0.29) is 43.4 Å². The Labute approximate surface area is 570 Å². The van der Waals surface area contributed by atoms with Crippen LogP contribution in [0.15, 0.2) is 12.2 Å². The first-order valence-electron chi connectivity index (χ1n) is 34.9. The van der Waals surface area contributed by atoms with Crippen LogP contribution in [0.3, 0.4) is 0 Å². The monoisotopic (exact) mass is 1340 g/mol. The average molecular weight is 1340 g/mol. The van der Waals surface area contributed by atoms with Crippen molar-refractivity contribution in [1.82, 2.24) is 65.4 Å². The Morgan fingerprint density at radius 3 is 1.42 bits per heavy atom. The molecule has 2 aliphatic heterocycles. The Morgan fingerprint density at radius 1 is 0.474 bits per heavy atom. The normalized spacial score (nSPS) is 27.9. The molecule has 2 aliphatic rings. The second kappa shape index (κ2) is 38.7. The first-order chi connectivity index (χ1) is 44.0. The number of hydrogen-bond acceptors (Lipinski definition) is 14. The van der Waals surface area contributed by atoms with Crippen LogP contribution in [-0.2, 0) is 52.7 Å². The Hall–Kier alpha value is -6.21. The minimum absolute atomic E-state index is 0.00975. The number of aliphatic hydroxyl groups is 1. The Morgan fingerprint density at radius 2 is 0.947 bits per heavy atom. The molecule has 5 N–H and O–H groups in total. The van der Waals surface area contributed by atoms with Crippen LogP contribution >= 0.6 is 0 Å². The molecule has 2 saturated heterocycles. The lowest BCUT2D eigenvalue weighted by Gasteiger charge is -2.42. The topological polar surface area (TPSA) is 285 Å². The van der Waals surface area contributed by atoms with Gasteiger partial charge in [0.15, 0.2) is 0 Å². The molecule has 11 amide bonds. The highest BCUT2D eigenvalue weighted by molar-refractivity contribution is 6.00. The molecule has 0 aromatic carbocycles. The van der Waals surface area contributed by atoms with Crippen LogP contribution in [0.1, 0.15) is 170 Å². The molecule has 14 atom stereocenters. The molecular weight excluding hydrogens is 1210 g/mol. The second-order valence-electron chi connectivity index (χ2n) is 29.5. The Bertz CT molecular complexity index is 2610. The van der Waals surface area contributed by atoms with Gasteiger partial charge in [-0.15, -0.1) is 0 Å². The highest BCUT2D eigenvalue weighted by Gasteiger charge is 2.47. The Balaban J connectivity index is 3.07. The van der Waals surface area contributed by atoms with Gasteiger partial charge in [-0.25, -0.2) is 0 Å². The summed E-state index contributed by atoms with van der Waals surface area (Å²) in [7, 11) is 10.1. The molecule has 25 heteroatoms. The second-order valence-corrected chi connectivity index (χ2v) is 29.5. The third-order valence-electron chi connectivity index (χ3n) is 19.3. The predicted octanol–water partition coefficient (Wildman–Crippen LogP) is 3.66. The van der Waals surface area contributed by atoms with Gasteiger partial charge in [0, 0.05) is 88.1 Å². The number of rotatable bonds is 18. The molecular formula is C70H127N13O12. The van der Waals surface area contributed by atoms with E-state index < -0.39 is 161 Å². The van der Waals surface area contributed by atoms with Crippen molar-refractivity contribution in [3.63, 3.8) is 0 Å². The first-order valence-corrected chi connectivity index (χ1v) is 34.9. The summed E-state index contributed by atoms with van der Waals surface area (Å²) in [5, 5.41) is 23.5. The molecule has 544 valence electrons. The van der Waals surface area contributed by atoms with E-state index in [1.54, 1.807) is 47.6 Å². The fraction of sp³-hybridized carbons (Fsp3) is 0.814. The number of allylic oxidation sites excluding steroid dienone is 2. The lowest BCUT2D eigenvalue weighted by molar-refractivity contribution is -0.157. The van der Waals surface area contributed by atoms with E-state index >= 15 is 33.6 Å². The van der Waals surface area contributed by atoms with Crippen LogP contribution in [0.25, 0.3) is 0 Å². The van der Waals surface area contributed by atoms with Crippen LogP contribution in [0.5, 0.6) is 0 Å². The lowest BCUT2D eigenvalue weighted by Crippen LogP contribution is -2.64. The van der Waals surface area contributed by atoms with Gasteiger partial charge in [-0.2, -0.15) is 0 Å². The minimum atomic E-state index is -1.63.